The largest absolute Gasteiger partial charge is 0.515 e. The summed E-state index contributed by atoms with van der Waals surface area (Å²) in [6.45, 7) is 5.79. The molecule has 0 unspecified atom stereocenters. The summed E-state index contributed by atoms with van der Waals surface area (Å²) in [5.41, 5.74) is 0.258. The Morgan fingerprint density at radius 1 is 1.10 bits per heavy atom. The summed E-state index contributed by atoms with van der Waals surface area (Å²) in [5, 5.41) is 24.1. The maximum Gasteiger partial charge on any atom is 0.397 e. The number of hydrogen-bond donors (Lipinski definition) is 4. The second-order valence-electron chi connectivity index (χ2n) is 7.27. The van der Waals surface area contributed by atoms with Gasteiger partial charge in [-0.2, -0.15) is 0 Å². The first kappa shape index (κ1) is 27.2. The Morgan fingerprint density at radius 2 is 1.68 bits per heavy atom. The quantitative estimate of drug-likeness (QED) is 0.0900. The number of nitrogens with one attached hydrogen (secondary N) is 2. The molecule has 172 valence electrons. The molecule has 0 atom stereocenters. The molecule has 1 rings (SSSR count). The minimum atomic E-state index is -0.903. The zero-order valence-electron chi connectivity index (χ0n) is 17.6. The van der Waals surface area contributed by atoms with Crippen molar-refractivity contribution in [1.82, 2.24) is 10.6 Å². The minimum absolute atomic E-state index is 0.0988. The van der Waals surface area contributed by atoms with E-state index in [0.717, 1.165) is 11.8 Å². The van der Waals surface area contributed by atoms with Crippen LogP contribution in [-0.4, -0.2) is 58.2 Å². The van der Waals surface area contributed by atoms with Crippen molar-refractivity contribution < 1.29 is 29.3 Å². The third kappa shape index (κ3) is 11.4. The van der Waals surface area contributed by atoms with E-state index in [9.17, 15) is 24.6 Å². The molecule has 11 heteroatoms. The summed E-state index contributed by atoms with van der Waals surface area (Å²) >= 11 is 3.21. The van der Waals surface area contributed by atoms with Crippen LogP contribution in [0.4, 0.5) is 0 Å². The summed E-state index contributed by atoms with van der Waals surface area (Å²) in [6, 6.07) is 4.86. The van der Waals surface area contributed by atoms with Gasteiger partial charge in [0.2, 0.25) is 0 Å². The van der Waals surface area contributed by atoms with Gasteiger partial charge in [-0.25, -0.2) is 4.79 Å². The van der Waals surface area contributed by atoms with Crippen molar-refractivity contribution in [2.24, 2.45) is 0 Å². The van der Waals surface area contributed by atoms with Gasteiger partial charge in [0.15, 0.2) is 0 Å². The first-order valence-electron chi connectivity index (χ1n) is 9.38. The highest BCUT2D eigenvalue weighted by molar-refractivity contribution is 9.10. The lowest BCUT2D eigenvalue weighted by atomic mass is 10.1. The smallest absolute Gasteiger partial charge is 0.397 e. The van der Waals surface area contributed by atoms with Crippen LogP contribution in [0.25, 0.3) is 0 Å². The third-order valence-electron chi connectivity index (χ3n) is 3.46. The maximum absolute atomic E-state index is 12.2. The topological polar surface area (TPSA) is 125 Å². The van der Waals surface area contributed by atoms with E-state index in [4.69, 9.17) is 4.74 Å². The van der Waals surface area contributed by atoms with E-state index >= 15 is 0 Å². The average molecular weight is 535 g/mol. The normalized spacial score (nSPS) is 11.7. The fourth-order valence-corrected chi connectivity index (χ4v) is 4.35. The molecule has 0 radical (unpaired) electrons. The Morgan fingerprint density at radius 3 is 2.19 bits per heavy atom. The molecular formula is C20H27BrN2O6S2. The molecule has 0 saturated carbocycles. The number of ether oxygens (including phenoxy) is 1. The Bertz CT molecular complexity index is 811. The molecule has 8 nitrogen and oxygen atoms in total. The second-order valence-corrected chi connectivity index (χ2v) is 10.8. The van der Waals surface area contributed by atoms with Crippen LogP contribution >= 0.6 is 37.5 Å². The number of benzene rings is 1. The van der Waals surface area contributed by atoms with Crippen LogP contribution in [0.2, 0.25) is 0 Å². The monoisotopic (exact) mass is 534 g/mol. The van der Waals surface area contributed by atoms with Gasteiger partial charge < -0.3 is 25.6 Å². The molecule has 2 amide bonds. The highest BCUT2D eigenvalue weighted by Gasteiger charge is 2.22. The average Bonchev–Trinajstić information content (AvgIpc) is 2.69. The zero-order chi connectivity index (χ0) is 23.4. The van der Waals surface area contributed by atoms with Crippen LogP contribution in [-0.2, 0) is 25.5 Å². The summed E-state index contributed by atoms with van der Waals surface area (Å²) in [4.78, 5) is 35.3. The Kier molecular flexibility index (Phi) is 11.9. The first-order chi connectivity index (χ1) is 14.5. The van der Waals surface area contributed by atoms with E-state index in [1.165, 1.54) is 27.7 Å². The molecule has 0 heterocycles. The van der Waals surface area contributed by atoms with E-state index in [2.05, 4.69) is 26.6 Å². The number of hydrogen-bond acceptors (Lipinski definition) is 8. The van der Waals surface area contributed by atoms with Crippen molar-refractivity contribution in [2.75, 3.05) is 24.6 Å². The predicted octanol–water partition coefficient (Wildman–Crippen LogP) is 3.09. The van der Waals surface area contributed by atoms with Crippen LogP contribution in [0.3, 0.4) is 0 Å². The summed E-state index contributed by atoms with van der Waals surface area (Å²) < 4.78 is 5.48. The molecule has 4 N–H and O–H groups in total. The Labute approximate surface area is 198 Å². The van der Waals surface area contributed by atoms with E-state index < -0.39 is 17.5 Å². The van der Waals surface area contributed by atoms with Crippen LogP contribution in [0.5, 0.6) is 5.75 Å². The first-order valence-corrected chi connectivity index (χ1v) is 12.7. The highest BCUT2D eigenvalue weighted by Crippen LogP contribution is 2.25. The Balaban J connectivity index is 2.20. The number of rotatable bonds is 10. The lowest BCUT2D eigenvalue weighted by molar-refractivity contribution is -0.163. The van der Waals surface area contributed by atoms with Crippen molar-refractivity contribution in [3.8, 4) is 5.75 Å². The third-order valence-corrected chi connectivity index (χ3v) is 6.51. The number of phenols is 1. The number of aliphatic hydroxyl groups excluding tert-OH is 1. The number of phenolic OH excluding ortho intramolecular Hbond substituents is 1. The molecule has 0 aliphatic rings. The summed E-state index contributed by atoms with van der Waals surface area (Å²) in [6.07, 6.45) is 1.01. The molecule has 0 aliphatic carbocycles. The van der Waals surface area contributed by atoms with Gasteiger partial charge in [-0.05, 0) is 54.4 Å². The van der Waals surface area contributed by atoms with E-state index in [-0.39, 0.29) is 23.7 Å². The molecule has 0 aromatic heterocycles. The lowest BCUT2D eigenvalue weighted by Gasteiger charge is -2.18. The van der Waals surface area contributed by atoms with Gasteiger partial charge >= 0.3 is 11.9 Å². The molecule has 0 spiro atoms. The lowest BCUT2D eigenvalue weighted by Crippen LogP contribution is -2.37. The van der Waals surface area contributed by atoms with Gasteiger partial charge in [0.05, 0.1) is 16.3 Å². The fourth-order valence-electron chi connectivity index (χ4n) is 2.11. The van der Waals surface area contributed by atoms with Crippen molar-refractivity contribution in [2.45, 2.75) is 32.8 Å². The van der Waals surface area contributed by atoms with Gasteiger partial charge in [-0.15, -0.1) is 0 Å². The fraction of sp³-hybridized carbons (Fsp3) is 0.450. The molecule has 0 aliphatic heterocycles. The summed E-state index contributed by atoms with van der Waals surface area (Å²) in [7, 11) is 3.01. The SMILES string of the molecule is CC(C)(C)OC(=O)C(=O)NCCSSCCNC(=O)/C(=C\O)Cc1ccc(O)c(Br)c1. The van der Waals surface area contributed by atoms with Gasteiger partial charge in [-0.1, -0.05) is 27.7 Å². The van der Waals surface area contributed by atoms with E-state index in [1.807, 2.05) is 0 Å². The molecule has 0 fully saturated rings. The van der Waals surface area contributed by atoms with Crippen molar-refractivity contribution in [3.05, 3.63) is 40.1 Å². The molecule has 1 aromatic carbocycles. The number of amides is 2. The maximum atomic E-state index is 12.2. The van der Waals surface area contributed by atoms with E-state index in [1.54, 1.807) is 32.9 Å². The molecule has 0 saturated heterocycles. The molecule has 1 aromatic rings. The number of aromatic hydroxyl groups is 1. The van der Waals surface area contributed by atoms with Crippen molar-refractivity contribution in [3.63, 3.8) is 0 Å². The molecular weight excluding hydrogens is 508 g/mol. The number of carbonyl (C=O) groups excluding carboxylic acids is 3. The van der Waals surface area contributed by atoms with Crippen LogP contribution in [0.15, 0.2) is 34.5 Å². The van der Waals surface area contributed by atoms with E-state index in [0.29, 0.717) is 29.1 Å². The summed E-state index contributed by atoms with van der Waals surface area (Å²) in [5.74, 6) is -0.731. The van der Waals surface area contributed by atoms with Gasteiger partial charge in [-0.3, -0.25) is 9.59 Å². The standard InChI is InChI=1S/C20H27BrN2O6S2/c1-20(2,3)29-19(28)18(27)23-7-9-31-30-8-6-22-17(26)14(12-24)10-13-4-5-16(25)15(21)11-13/h4-5,11-12,24-25H,6-10H2,1-3H3,(H,22,26)(H,23,27)/b14-12-. The van der Waals surface area contributed by atoms with Crippen LogP contribution in [0.1, 0.15) is 26.3 Å². The van der Waals surface area contributed by atoms with Crippen molar-refractivity contribution >= 4 is 55.3 Å². The predicted molar refractivity (Wildman–Crippen MR) is 127 cm³/mol. The van der Waals surface area contributed by atoms with Gasteiger partial charge in [0.25, 0.3) is 5.91 Å². The molecule has 31 heavy (non-hydrogen) atoms. The van der Waals surface area contributed by atoms with Crippen LogP contribution < -0.4 is 10.6 Å². The van der Waals surface area contributed by atoms with Crippen LogP contribution in [0, 0.1) is 0 Å². The van der Waals surface area contributed by atoms with Crippen molar-refractivity contribution in [1.29, 1.82) is 0 Å². The highest BCUT2D eigenvalue weighted by atomic mass is 79.9. The minimum Gasteiger partial charge on any atom is -0.515 e. The van der Waals surface area contributed by atoms with Gasteiger partial charge in [0, 0.05) is 31.0 Å². The zero-order valence-corrected chi connectivity index (χ0v) is 20.8. The second kappa shape index (κ2) is 13.5. The number of aliphatic hydroxyl groups is 1. The van der Waals surface area contributed by atoms with Gasteiger partial charge in [0.1, 0.15) is 11.4 Å². The number of esters is 1. The Hall–Kier alpha value is -1.85. The molecule has 0 bridgehead atoms. The number of halogens is 1. The number of carbonyl (C=O) groups is 3.